The molecule has 2 nitrogen and oxygen atoms in total. The molecule has 1 aliphatic heterocycles. The van der Waals surface area contributed by atoms with Gasteiger partial charge in [-0.1, -0.05) is 70.7 Å². The first-order chi connectivity index (χ1) is 11.3. The maximum absolute atomic E-state index is 10.0. The summed E-state index contributed by atoms with van der Waals surface area (Å²) in [6.07, 6.45) is 1.88. The van der Waals surface area contributed by atoms with Crippen molar-refractivity contribution >= 4 is 17.5 Å². The summed E-state index contributed by atoms with van der Waals surface area (Å²) in [5.41, 5.74) is 4.82. The van der Waals surface area contributed by atoms with Crippen molar-refractivity contribution in [1.82, 2.24) is 0 Å². The fourth-order valence-electron chi connectivity index (χ4n) is 2.31. The van der Waals surface area contributed by atoms with E-state index in [2.05, 4.69) is 11.6 Å². The molecule has 2 aromatic rings. The molecule has 3 rings (SSSR count). The first-order valence-electron chi connectivity index (χ1n) is 8.35. The van der Waals surface area contributed by atoms with E-state index in [0.717, 1.165) is 28.0 Å². The predicted octanol–water partition coefficient (Wildman–Crippen LogP) is 5.94. The molecule has 1 N–H and O–H groups in total. The molecule has 1 aliphatic rings. The Labute approximate surface area is 140 Å². The van der Waals surface area contributed by atoms with E-state index in [1.165, 1.54) is 0 Å². The first-order valence-corrected chi connectivity index (χ1v) is 8.35. The van der Waals surface area contributed by atoms with Crippen LogP contribution in [0.5, 0.6) is 0 Å². The summed E-state index contributed by atoms with van der Waals surface area (Å²) in [5.74, 6) is 0. The van der Waals surface area contributed by atoms with E-state index < -0.39 is 6.10 Å². The standard InChI is InChI=1S/C17H15NO.2C2H6/c1-12(13-5-3-2-4-6-13)14-7-8-16-15(11-14)17(19)9-10-18-16;2*1-2/h2-8,10-11,17,19H,1,9H2;2*1-2H3. The Bertz CT molecular complexity index is 644. The van der Waals surface area contributed by atoms with Crippen LogP contribution >= 0.6 is 0 Å². The molecule has 0 radical (unpaired) electrons. The van der Waals surface area contributed by atoms with Gasteiger partial charge in [0.1, 0.15) is 0 Å². The molecule has 122 valence electrons. The summed E-state index contributed by atoms with van der Waals surface area (Å²) in [6.45, 7) is 12.1. The number of hydrogen-bond acceptors (Lipinski definition) is 2. The molecule has 23 heavy (non-hydrogen) atoms. The molecular weight excluding hydrogens is 282 g/mol. The largest absolute Gasteiger partial charge is 0.388 e. The Morgan fingerprint density at radius 1 is 1.00 bits per heavy atom. The van der Waals surface area contributed by atoms with Crippen LogP contribution in [0.15, 0.2) is 60.1 Å². The van der Waals surface area contributed by atoms with E-state index in [1.807, 2.05) is 76.2 Å². The minimum absolute atomic E-state index is 0.462. The minimum atomic E-state index is -0.462. The van der Waals surface area contributed by atoms with Gasteiger partial charge in [0.05, 0.1) is 11.8 Å². The van der Waals surface area contributed by atoms with Crippen LogP contribution in [0.3, 0.4) is 0 Å². The smallest absolute Gasteiger partial charge is 0.0860 e. The molecule has 1 atom stereocenters. The van der Waals surface area contributed by atoms with E-state index in [-0.39, 0.29) is 0 Å². The zero-order valence-corrected chi connectivity index (χ0v) is 14.6. The second-order valence-corrected chi connectivity index (χ2v) is 4.68. The normalized spacial score (nSPS) is 14.6. The maximum atomic E-state index is 10.0. The molecule has 0 bridgehead atoms. The number of aliphatic hydroxyl groups is 1. The Hall–Kier alpha value is -2.19. The topological polar surface area (TPSA) is 32.6 Å². The number of fused-ring (bicyclic) bond motifs is 1. The van der Waals surface area contributed by atoms with Gasteiger partial charge in [-0.2, -0.15) is 0 Å². The van der Waals surface area contributed by atoms with Gasteiger partial charge in [-0.25, -0.2) is 0 Å². The van der Waals surface area contributed by atoms with E-state index in [4.69, 9.17) is 0 Å². The van der Waals surface area contributed by atoms with Gasteiger partial charge in [-0.05, 0) is 28.8 Å². The third-order valence-corrected chi connectivity index (χ3v) is 3.42. The maximum Gasteiger partial charge on any atom is 0.0860 e. The molecule has 0 aliphatic carbocycles. The summed E-state index contributed by atoms with van der Waals surface area (Å²) in [4.78, 5) is 4.30. The lowest BCUT2D eigenvalue weighted by atomic mass is 9.94. The monoisotopic (exact) mass is 309 g/mol. The third-order valence-electron chi connectivity index (χ3n) is 3.42. The second kappa shape index (κ2) is 9.75. The van der Waals surface area contributed by atoms with Crippen molar-refractivity contribution in [3.05, 3.63) is 71.8 Å². The summed E-state index contributed by atoms with van der Waals surface area (Å²) in [6, 6.07) is 16.0. The third kappa shape index (κ3) is 4.64. The summed E-state index contributed by atoms with van der Waals surface area (Å²) < 4.78 is 0. The van der Waals surface area contributed by atoms with E-state index >= 15 is 0 Å². The van der Waals surface area contributed by atoms with Crippen LogP contribution in [0.25, 0.3) is 5.57 Å². The molecule has 0 saturated carbocycles. The Balaban J connectivity index is 0.000000615. The Morgan fingerprint density at radius 2 is 1.65 bits per heavy atom. The van der Waals surface area contributed by atoms with E-state index in [1.54, 1.807) is 6.21 Å². The number of benzene rings is 2. The minimum Gasteiger partial charge on any atom is -0.388 e. The highest BCUT2D eigenvalue weighted by atomic mass is 16.3. The van der Waals surface area contributed by atoms with Gasteiger partial charge in [-0.3, -0.25) is 4.99 Å². The van der Waals surface area contributed by atoms with Gasteiger partial charge in [-0.15, -0.1) is 0 Å². The van der Waals surface area contributed by atoms with Crippen molar-refractivity contribution < 1.29 is 5.11 Å². The van der Waals surface area contributed by atoms with Gasteiger partial charge < -0.3 is 5.11 Å². The number of nitrogens with zero attached hydrogens (tertiary/aromatic N) is 1. The number of rotatable bonds is 2. The van der Waals surface area contributed by atoms with Crippen molar-refractivity contribution in [3.8, 4) is 0 Å². The highest BCUT2D eigenvalue weighted by Gasteiger charge is 2.16. The summed E-state index contributed by atoms with van der Waals surface area (Å²) in [7, 11) is 0. The molecule has 1 heterocycles. The number of hydrogen-bond donors (Lipinski definition) is 1. The van der Waals surface area contributed by atoms with Gasteiger partial charge >= 0.3 is 0 Å². The fourth-order valence-corrected chi connectivity index (χ4v) is 2.31. The van der Waals surface area contributed by atoms with Crippen LogP contribution in [0.4, 0.5) is 5.69 Å². The lowest BCUT2D eigenvalue weighted by molar-refractivity contribution is 0.186. The van der Waals surface area contributed by atoms with Crippen molar-refractivity contribution in [2.75, 3.05) is 0 Å². The van der Waals surface area contributed by atoms with Crippen molar-refractivity contribution in [2.45, 2.75) is 40.2 Å². The van der Waals surface area contributed by atoms with Crippen LogP contribution in [0.1, 0.15) is 56.9 Å². The highest BCUT2D eigenvalue weighted by Crippen LogP contribution is 2.34. The molecule has 0 amide bonds. The second-order valence-electron chi connectivity index (χ2n) is 4.68. The molecular formula is C21H27NO. The zero-order valence-electron chi connectivity index (χ0n) is 14.6. The average Bonchev–Trinajstić information content (AvgIpc) is 2.65. The van der Waals surface area contributed by atoms with Crippen LogP contribution < -0.4 is 0 Å². The van der Waals surface area contributed by atoms with Gasteiger partial charge in [0.25, 0.3) is 0 Å². The number of aliphatic hydroxyl groups excluding tert-OH is 1. The van der Waals surface area contributed by atoms with Crippen LogP contribution in [-0.2, 0) is 0 Å². The van der Waals surface area contributed by atoms with Crippen molar-refractivity contribution in [1.29, 1.82) is 0 Å². The van der Waals surface area contributed by atoms with Gasteiger partial charge in [0, 0.05) is 18.2 Å². The molecule has 0 fully saturated rings. The summed E-state index contributed by atoms with van der Waals surface area (Å²) >= 11 is 0. The average molecular weight is 309 g/mol. The van der Waals surface area contributed by atoms with Crippen LogP contribution in [0, 0.1) is 0 Å². The fraction of sp³-hybridized carbons (Fsp3) is 0.286. The molecule has 0 spiro atoms. The zero-order chi connectivity index (χ0) is 17.2. The molecule has 2 aromatic carbocycles. The predicted molar refractivity (Wildman–Crippen MR) is 101 cm³/mol. The Kier molecular flexibility index (Phi) is 8.00. The number of aliphatic imine (C=N–C) groups is 1. The van der Waals surface area contributed by atoms with Crippen molar-refractivity contribution in [2.24, 2.45) is 4.99 Å². The molecule has 2 heteroatoms. The Morgan fingerprint density at radius 3 is 2.30 bits per heavy atom. The lowest BCUT2D eigenvalue weighted by Gasteiger charge is -2.17. The highest BCUT2D eigenvalue weighted by molar-refractivity contribution is 5.80. The van der Waals surface area contributed by atoms with E-state index in [0.29, 0.717) is 6.42 Å². The molecule has 1 unspecified atom stereocenters. The van der Waals surface area contributed by atoms with Gasteiger partial charge in [0.2, 0.25) is 0 Å². The van der Waals surface area contributed by atoms with Gasteiger partial charge in [0.15, 0.2) is 0 Å². The van der Waals surface area contributed by atoms with Crippen molar-refractivity contribution in [3.63, 3.8) is 0 Å². The van der Waals surface area contributed by atoms with Crippen LogP contribution in [0.2, 0.25) is 0 Å². The molecule has 0 saturated heterocycles. The summed E-state index contributed by atoms with van der Waals surface area (Å²) in [5, 5.41) is 10.0. The SMILES string of the molecule is C=C(c1ccccc1)c1ccc2c(c1)C(O)CC=N2.CC.CC. The van der Waals surface area contributed by atoms with E-state index in [9.17, 15) is 5.11 Å². The quantitative estimate of drug-likeness (QED) is 0.731. The van der Waals surface area contributed by atoms with Crippen LogP contribution in [-0.4, -0.2) is 11.3 Å². The molecule has 0 aromatic heterocycles. The first kappa shape index (κ1) is 18.9. The lowest BCUT2D eigenvalue weighted by Crippen LogP contribution is -2.03.